The fraction of sp³-hybridized carbons (Fsp3) is 0.429. The van der Waals surface area contributed by atoms with Gasteiger partial charge in [0.25, 0.3) is 0 Å². The van der Waals surface area contributed by atoms with Crippen LogP contribution in [0.25, 0.3) is 0 Å². The maximum Gasteiger partial charge on any atom is 0.416 e. The zero-order chi connectivity index (χ0) is 22.8. The Morgan fingerprint density at radius 2 is 1.97 bits per heavy atom. The van der Waals surface area contributed by atoms with Crippen molar-refractivity contribution in [1.82, 2.24) is 4.90 Å². The topological polar surface area (TPSA) is 32.7 Å². The number of carbonyl (C=O) groups excluding carboxylic acids is 1. The quantitative estimate of drug-likeness (QED) is 0.390. The molecule has 0 radical (unpaired) electrons. The van der Waals surface area contributed by atoms with Crippen LogP contribution in [0.2, 0.25) is 0 Å². The highest BCUT2D eigenvalue weighted by Gasteiger charge is 2.38. The standard InChI is InChI=1S/C21H18F6N2OS/c1-2-3-4-17-18(31-19(30)28-17)9-13-7-8-29(11-13)12-14-5-6-15(20(22,23)24)10-16(14)21(25,26)27/h1,5-6,9-10,13H,3-4,7-8,11-12H2/b18-9-. The number of likely N-dealkylation sites (tertiary alicyclic amines) is 1. The van der Waals surface area contributed by atoms with E-state index in [1.54, 1.807) is 4.90 Å². The number of amides is 1. The van der Waals surface area contributed by atoms with Crippen LogP contribution in [0.15, 0.2) is 34.2 Å². The van der Waals surface area contributed by atoms with Crippen LogP contribution < -0.4 is 0 Å². The molecule has 1 saturated heterocycles. The maximum absolute atomic E-state index is 13.4. The van der Waals surface area contributed by atoms with E-state index >= 15 is 0 Å². The van der Waals surface area contributed by atoms with Gasteiger partial charge in [-0.15, -0.1) is 12.3 Å². The fourth-order valence-corrected chi connectivity index (χ4v) is 4.46. The number of hydrogen-bond donors (Lipinski definition) is 0. The van der Waals surface area contributed by atoms with Gasteiger partial charge in [-0.2, -0.15) is 26.3 Å². The summed E-state index contributed by atoms with van der Waals surface area (Å²) in [5, 5.41) is -0.326. The van der Waals surface area contributed by atoms with E-state index in [-0.39, 0.29) is 29.3 Å². The molecule has 0 aromatic heterocycles. The Balaban J connectivity index is 1.72. The minimum Gasteiger partial charge on any atom is -0.298 e. The van der Waals surface area contributed by atoms with Crippen LogP contribution in [-0.2, 0) is 18.9 Å². The van der Waals surface area contributed by atoms with Gasteiger partial charge in [-0.3, -0.25) is 9.69 Å². The zero-order valence-electron chi connectivity index (χ0n) is 16.2. The number of allylic oxidation sites excluding steroid dienone is 1. The molecule has 3 rings (SSSR count). The van der Waals surface area contributed by atoms with Gasteiger partial charge in [0.1, 0.15) is 0 Å². The number of hydrogen-bond acceptors (Lipinski definition) is 3. The molecule has 0 saturated carbocycles. The fourth-order valence-electron chi connectivity index (χ4n) is 3.59. The molecule has 2 heterocycles. The molecule has 1 aromatic rings. The summed E-state index contributed by atoms with van der Waals surface area (Å²) >= 11 is 1.00. The number of aliphatic imine (C=N–C) groups is 1. The van der Waals surface area contributed by atoms with E-state index in [2.05, 4.69) is 10.9 Å². The molecule has 0 bridgehead atoms. The van der Waals surface area contributed by atoms with Crippen LogP contribution in [0.5, 0.6) is 0 Å². The van der Waals surface area contributed by atoms with Crippen molar-refractivity contribution in [3.63, 3.8) is 0 Å². The predicted molar refractivity (Wildman–Crippen MR) is 106 cm³/mol. The van der Waals surface area contributed by atoms with Gasteiger partial charge in [-0.25, -0.2) is 4.99 Å². The van der Waals surface area contributed by atoms with E-state index in [9.17, 15) is 31.1 Å². The molecule has 2 aliphatic heterocycles. The molecule has 0 N–H and O–H groups in total. The molecule has 1 aromatic carbocycles. The lowest BCUT2D eigenvalue weighted by molar-refractivity contribution is -0.143. The summed E-state index contributed by atoms with van der Waals surface area (Å²) in [7, 11) is 0. The van der Waals surface area contributed by atoms with Crippen molar-refractivity contribution in [2.45, 2.75) is 38.2 Å². The highest BCUT2D eigenvalue weighted by atomic mass is 32.2. The van der Waals surface area contributed by atoms with Crippen molar-refractivity contribution >= 4 is 22.7 Å². The first-order chi connectivity index (χ1) is 14.5. The lowest BCUT2D eigenvalue weighted by Crippen LogP contribution is -2.23. The molecule has 0 aliphatic carbocycles. The van der Waals surface area contributed by atoms with Gasteiger partial charge >= 0.3 is 17.6 Å². The Hall–Kier alpha value is -2.25. The van der Waals surface area contributed by atoms with Crippen LogP contribution in [0.4, 0.5) is 31.1 Å². The summed E-state index contributed by atoms with van der Waals surface area (Å²) in [6.07, 6.45) is -1.03. The number of nitrogens with zero attached hydrogens (tertiary/aromatic N) is 2. The highest BCUT2D eigenvalue weighted by molar-refractivity contribution is 8.18. The summed E-state index contributed by atoms with van der Waals surface area (Å²) in [5.74, 6) is 2.48. The Labute approximate surface area is 179 Å². The summed E-state index contributed by atoms with van der Waals surface area (Å²) in [6, 6.07) is 1.74. The number of carbonyl (C=O) groups is 1. The van der Waals surface area contributed by atoms with E-state index in [1.165, 1.54) is 0 Å². The molecular weight excluding hydrogens is 442 g/mol. The van der Waals surface area contributed by atoms with Crippen molar-refractivity contribution in [2.24, 2.45) is 10.9 Å². The van der Waals surface area contributed by atoms with Crippen LogP contribution in [0.1, 0.15) is 36.0 Å². The van der Waals surface area contributed by atoms with Crippen molar-refractivity contribution in [3.8, 4) is 12.3 Å². The highest BCUT2D eigenvalue weighted by Crippen LogP contribution is 2.38. The lowest BCUT2D eigenvalue weighted by atomic mass is 10.0. The minimum atomic E-state index is -4.89. The molecular formula is C21H18F6N2OS. The summed E-state index contributed by atoms with van der Waals surface area (Å²) in [4.78, 5) is 18.1. The molecule has 1 atom stereocenters. The molecule has 1 fully saturated rings. The first-order valence-electron chi connectivity index (χ1n) is 9.42. The van der Waals surface area contributed by atoms with E-state index in [1.807, 2.05) is 6.08 Å². The first-order valence-corrected chi connectivity index (χ1v) is 10.2. The Kier molecular flexibility index (Phi) is 6.86. The van der Waals surface area contributed by atoms with E-state index in [0.717, 1.165) is 22.7 Å². The number of terminal acetylenes is 1. The minimum absolute atomic E-state index is 0.00628. The first kappa shape index (κ1) is 23.4. The normalized spacial score (nSPS) is 21.6. The van der Waals surface area contributed by atoms with Crippen molar-refractivity contribution in [3.05, 3.63) is 45.9 Å². The molecule has 1 unspecified atom stereocenters. The van der Waals surface area contributed by atoms with Gasteiger partial charge < -0.3 is 0 Å². The smallest absolute Gasteiger partial charge is 0.298 e. The lowest BCUT2D eigenvalue weighted by Gasteiger charge is -2.20. The second-order valence-electron chi connectivity index (χ2n) is 7.31. The van der Waals surface area contributed by atoms with Gasteiger partial charge in [0, 0.05) is 30.8 Å². The Morgan fingerprint density at radius 1 is 1.23 bits per heavy atom. The average molecular weight is 460 g/mol. The van der Waals surface area contributed by atoms with Gasteiger partial charge in [-0.1, -0.05) is 12.1 Å². The van der Waals surface area contributed by atoms with Crippen molar-refractivity contribution < 1.29 is 31.1 Å². The third-order valence-corrected chi connectivity index (χ3v) is 5.90. The number of halogens is 6. The Bertz CT molecular complexity index is 958. The molecule has 2 aliphatic rings. The third-order valence-electron chi connectivity index (χ3n) is 5.05. The van der Waals surface area contributed by atoms with Crippen molar-refractivity contribution in [1.29, 1.82) is 0 Å². The SMILES string of the molecule is C#CCCC1=NC(=O)S/C1=C\C1CCN(Cc2ccc(C(F)(F)F)cc2C(F)(F)F)C1. The van der Waals surface area contributed by atoms with Crippen LogP contribution >= 0.6 is 11.8 Å². The van der Waals surface area contributed by atoms with E-state index < -0.39 is 23.5 Å². The van der Waals surface area contributed by atoms with Crippen molar-refractivity contribution in [2.75, 3.05) is 13.1 Å². The molecule has 31 heavy (non-hydrogen) atoms. The van der Waals surface area contributed by atoms with E-state index in [4.69, 9.17) is 6.42 Å². The number of alkyl halides is 6. The molecule has 10 heteroatoms. The largest absolute Gasteiger partial charge is 0.416 e. The maximum atomic E-state index is 13.4. The predicted octanol–water partition coefficient (Wildman–Crippen LogP) is 6.15. The van der Waals surface area contributed by atoms with Crippen LogP contribution in [0.3, 0.4) is 0 Å². The molecule has 3 nitrogen and oxygen atoms in total. The van der Waals surface area contributed by atoms with Gasteiger partial charge in [0.2, 0.25) is 0 Å². The zero-order valence-corrected chi connectivity index (χ0v) is 17.0. The summed E-state index contributed by atoms with van der Waals surface area (Å²) < 4.78 is 78.6. The number of thioether (sulfide) groups is 1. The third kappa shape index (κ3) is 5.92. The van der Waals surface area contributed by atoms with Gasteiger partial charge in [0.05, 0.1) is 16.8 Å². The van der Waals surface area contributed by atoms with E-state index in [0.29, 0.717) is 44.1 Å². The number of benzene rings is 1. The molecule has 0 spiro atoms. The molecule has 166 valence electrons. The second kappa shape index (κ2) is 9.09. The number of rotatable bonds is 5. The van der Waals surface area contributed by atoms with Crippen LogP contribution in [0, 0.1) is 18.3 Å². The average Bonchev–Trinajstić information content (AvgIpc) is 3.24. The van der Waals surface area contributed by atoms with Gasteiger partial charge in [0.15, 0.2) is 0 Å². The Morgan fingerprint density at radius 3 is 2.61 bits per heavy atom. The molecule has 1 amide bonds. The monoisotopic (exact) mass is 460 g/mol. The second-order valence-corrected chi connectivity index (χ2v) is 8.31. The van der Waals surface area contributed by atoms with Crippen LogP contribution in [-0.4, -0.2) is 28.9 Å². The summed E-state index contributed by atoms with van der Waals surface area (Å²) in [5.41, 5.74) is -2.18. The van der Waals surface area contributed by atoms with Gasteiger partial charge in [-0.05, 0) is 48.3 Å². The summed E-state index contributed by atoms with van der Waals surface area (Å²) in [6.45, 7) is 0.804.